The lowest BCUT2D eigenvalue weighted by Gasteiger charge is -2.08. The first kappa shape index (κ1) is 14.7. The van der Waals surface area contributed by atoms with E-state index in [1.807, 2.05) is 6.92 Å². The Morgan fingerprint density at radius 1 is 1.53 bits per heavy atom. The maximum atomic E-state index is 10.7. The molecule has 1 rings (SSSR count). The minimum atomic E-state index is -1.12. The Kier molecular flexibility index (Phi) is 5.53. The van der Waals surface area contributed by atoms with Gasteiger partial charge in [0.1, 0.15) is 5.75 Å². The summed E-state index contributed by atoms with van der Waals surface area (Å²) in [6.45, 7) is 2.51. The first-order chi connectivity index (χ1) is 9.04. The van der Waals surface area contributed by atoms with Crippen molar-refractivity contribution in [3.63, 3.8) is 0 Å². The molecule has 0 unspecified atom stereocenters. The van der Waals surface area contributed by atoms with Crippen LogP contribution in [-0.4, -0.2) is 22.6 Å². The topological polar surface area (TPSA) is 89.7 Å². The fourth-order valence-electron chi connectivity index (χ4n) is 1.40. The molecule has 19 heavy (non-hydrogen) atoms. The van der Waals surface area contributed by atoms with Crippen molar-refractivity contribution in [2.24, 2.45) is 0 Å². The standard InChI is InChI=1S/C13H15NO5/c1-2-3-8-19-12-6-5-11(14(17)18)9-10(12)4-7-13(15)16/h4-7,9H,2-3,8H2,1H3,(H,15,16)/b7-4+. The zero-order valence-electron chi connectivity index (χ0n) is 10.5. The van der Waals surface area contributed by atoms with Crippen LogP contribution in [0.5, 0.6) is 5.75 Å². The zero-order valence-corrected chi connectivity index (χ0v) is 10.5. The van der Waals surface area contributed by atoms with E-state index in [4.69, 9.17) is 9.84 Å². The van der Waals surface area contributed by atoms with Crippen molar-refractivity contribution in [2.45, 2.75) is 19.8 Å². The van der Waals surface area contributed by atoms with Gasteiger partial charge < -0.3 is 9.84 Å². The molecular formula is C13H15NO5. The first-order valence-corrected chi connectivity index (χ1v) is 5.87. The number of non-ortho nitro benzene ring substituents is 1. The summed E-state index contributed by atoms with van der Waals surface area (Å²) < 4.78 is 5.48. The molecule has 6 nitrogen and oxygen atoms in total. The highest BCUT2D eigenvalue weighted by atomic mass is 16.6. The third kappa shape index (κ3) is 4.79. The molecule has 0 radical (unpaired) electrons. The molecule has 0 saturated heterocycles. The summed E-state index contributed by atoms with van der Waals surface area (Å²) >= 11 is 0. The van der Waals surface area contributed by atoms with Gasteiger partial charge in [-0.2, -0.15) is 0 Å². The van der Waals surface area contributed by atoms with Gasteiger partial charge in [0.15, 0.2) is 0 Å². The SMILES string of the molecule is CCCCOc1ccc([N+](=O)[O-])cc1/C=C/C(=O)O. The third-order valence-electron chi connectivity index (χ3n) is 2.37. The number of rotatable bonds is 7. The maximum Gasteiger partial charge on any atom is 0.328 e. The molecule has 102 valence electrons. The second kappa shape index (κ2) is 7.15. The Hall–Kier alpha value is -2.37. The van der Waals surface area contributed by atoms with Crippen molar-refractivity contribution in [3.8, 4) is 5.75 Å². The van der Waals surface area contributed by atoms with Gasteiger partial charge in [-0.15, -0.1) is 0 Å². The largest absolute Gasteiger partial charge is 0.493 e. The van der Waals surface area contributed by atoms with Crippen molar-refractivity contribution < 1.29 is 19.6 Å². The van der Waals surface area contributed by atoms with Crippen molar-refractivity contribution in [1.29, 1.82) is 0 Å². The normalized spacial score (nSPS) is 10.6. The molecule has 0 bridgehead atoms. The van der Waals surface area contributed by atoms with E-state index in [2.05, 4.69) is 0 Å². The van der Waals surface area contributed by atoms with Crippen LogP contribution in [0.25, 0.3) is 6.08 Å². The highest BCUT2D eigenvalue weighted by Crippen LogP contribution is 2.25. The zero-order chi connectivity index (χ0) is 14.3. The minimum absolute atomic E-state index is 0.104. The summed E-state index contributed by atoms with van der Waals surface area (Å²) in [5, 5.41) is 19.3. The highest BCUT2D eigenvalue weighted by molar-refractivity contribution is 5.86. The lowest BCUT2D eigenvalue weighted by molar-refractivity contribution is -0.384. The Morgan fingerprint density at radius 3 is 2.84 bits per heavy atom. The average molecular weight is 265 g/mol. The lowest BCUT2D eigenvalue weighted by atomic mass is 10.1. The molecule has 0 aliphatic rings. The van der Waals surface area contributed by atoms with E-state index in [1.54, 1.807) is 0 Å². The van der Waals surface area contributed by atoms with Crippen molar-refractivity contribution >= 4 is 17.7 Å². The molecule has 0 aliphatic heterocycles. The van der Waals surface area contributed by atoms with Crippen LogP contribution in [0, 0.1) is 10.1 Å². The van der Waals surface area contributed by atoms with E-state index < -0.39 is 10.9 Å². The molecule has 0 spiro atoms. The van der Waals surface area contributed by atoms with E-state index in [9.17, 15) is 14.9 Å². The minimum Gasteiger partial charge on any atom is -0.493 e. The molecule has 1 aromatic carbocycles. The predicted octanol–water partition coefficient (Wildman–Crippen LogP) is 2.87. The second-order valence-electron chi connectivity index (χ2n) is 3.85. The van der Waals surface area contributed by atoms with Gasteiger partial charge in [-0.3, -0.25) is 10.1 Å². The maximum absolute atomic E-state index is 10.7. The third-order valence-corrected chi connectivity index (χ3v) is 2.37. The highest BCUT2D eigenvalue weighted by Gasteiger charge is 2.10. The average Bonchev–Trinajstić information content (AvgIpc) is 2.37. The van der Waals surface area contributed by atoms with Gasteiger partial charge >= 0.3 is 5.97 Å². The lowest BCUT2D eigenvalue weighted by Crippen LogP contribution is -1.99. The molecule has 0 saturated carbocycles. The van der Waals surface area contributed by atoms with Gasteiger partial charge in [-0.1, -0.05) is 13.3 Å². The van der Waals surface area contributed by atoms with Crippen LogP contribution in [0.4, 0.5) is 5.69 Å². The molecule has 0 amide bonds. The molecule has 0 fully saturated rings. The first-order valence-electron chi connectivity index (χ1n) is 5.87. The number of carbonyl (C=O) groups is 1. The van der Waals surface area contributed by atoms with E-state index in [0.29, 0.717) is 17.9 Å². The van der Waals surface area contributed by atoms with Crippen LogP contribution in [0.1, 0.15) is 25.3 Å². The quantitative estimate of drug-likeness (QED) is 0.354. The number of unbranched alkanes of at least 4 members (excludes halogenated alkanes) is 1. The van der Waals surface area contributed by atoms with E-state index >= 15 is 0 Å². The van der Waals surface area contributed by atoms with Gasteiger partial charge in [-0.25, -0.2) is 4.79 Å². The van der Waals surface area contributed by atoms with E-state index in [-0.39, 0.29) is 5.69 Å². The number of hydrogen-bond acceptors (Lipinski definition) is 4. The van der Waals surface area contributed by atoms with Gasteiger partial charge in [0, 0.05) is 23.8 Å². The number of nitro benzene ring substituents is 1. The Bertz CT molecular complexity index is 496. The van der Waals surface area contributed by atoms with Crippen LogP contribution < -0.4 is 4.74 Å². The molecule has 0 aliphatic carbocycles. The van der Waals surface area contributed by atoms with Crippen LogP contribution in [0.15, 0.2) is 24.3 Å². The number of carboxylic acid groups (broad SMARTS) is 1. The second-order valence-corrected chi connectivity index (χ2v) is 3.85. The Labute approximate surface area is 110 Å². The summed E-state index contributed by atoms with van der Waals surface area (Å²) in [5.41, 5.74) is 0.278. The number of nitrogens with zero attached hydrogens (tertiary/aromatic N) is 1. The Morgan fingerprint density at radius 2 is 2.26 bits per heavy atom. The number of hydrogen-bond donors (Lipinski definition) is 1. The van der Waals surface area contributed by atoms with Gasteiger partial charge in [0.05, 0.1) is 11.5 Å². The monoisotopic (exact) mass is 265 g/mol. The molecule has 0 atom stereocenters. The molecule has 0 heterocycles. The van der Waals surface area contributed by atoms with Crippen molar-refractivity contribution in [3.05, 3.63) is 40.0 Å². The number of ether oxygens (including phenoxy) is 1. The van der Waals surface area contributed by atoms with Crippen LogP contribution in [0.3, 0.4) is 0 Å². The van der Waals surface area contributed by atoms with Crippen molar-refractivity contribution in [1.82, 2.24) is 0 Å². The molecule has 0 aromatic heterocycles. The van der Waals surface area contributed by atoms with Crippen LogP contribution >= 0.6 is 0 Å². The summed E-state index contributed by atoms with van der Waals surface area (Å²) in [5.74, 6) is -0.678. The van der Waals surface area contributed by atoms with E-state index in [0.717, 1.165) is 18.9 Å². The fourth-order valence-corrected chi connectivity index (χ4v) is 1.40. The number of aliphatic carboxylic acids is 1. The molecule has 1 N–H and O–H groups in total. The summed E-state index contributed by atoms with van der Waals surface area (Å²) in [7, 11) is 0. The van der Waals surface area contributed by atoms with Gasteiger partial charge in [0.25, 0.3) is 5.69 Å². The van der Waals surface area contributed by atoms with Gasteiger partial charge in [-0.05, 0) is 18.6 Å². The summed E-state index contributed by atoms with van der Waals surface area (Å²) in [6, 6.07) is 4.11. The van der Waals surface area contributed by atoms with Crippen LogP contribution in [0.2, 0.25) is 0 Å². The van der Waals surface area contributed by atoms with Gasteiger partial charge in [0.2, 0.25) is 0 Å². The smallest absolute Gasteiger partial charge is 0.328 e. The molecular weight excluding hydrogens is 250 g/mol. The van der Waals surface area contributed by atoms with Crippen LogP contribution in [-0.2, 0) is 4.79 Å². The molecule has 6 heteroatoms. The van der Waals surface area contributed by atoms with Crippen molar-refractivity contribution in [2.75, 3.05) is 6.61 Å². The summed E-state index contributed by atoms with van der Waals surface area (Å²) in [6.07, 6.45) is 4.04. The molecule has 1 aromatic rings. The number of carboxylic acids is 1. The fraction of sp³-hybridized carbons (Fsp3) is 0.308. The Balaban J connectivity index is 3.00. The number of benzene rings is 1. The predicted molar refractivity (Wildman–Crippen MR) is 70.2 cm³/mol. The van der Waals surface area contributed by atoms with E-state index in [1.165, 1.54) is 24.3 Å². The summed E-state index contributed by atoms with van der Waals surface area (Å²) in [4.78, 5) is 20.7. The number of nitro groups is 1.